The van der Waals surface area contributed by atoms with Crippen molar-refractivity contribution in [3.8, 4) is 23.3 Å². The molecule has 1 heterocycles. The van der Waals surface area contributed by atoms with Gasteiger partial charge in [-0.2, -0.15) is 0 Å². The van der Waals surface area contributed by atoms with E-state index in [0.717, 1.165) is 33.8 Å². The van der Waals surface area contributed by atoms with Gasteiger partial charge in [0.25, 0.3) is 0 Å². The number of hydrogen-bond donors (Lipinski definition) is 2. The standard InChI is InChI=1S/C30H31NO7/c1-4-37-30(23-10-14-25(35-2)15-11-23,24-12-16-26(36-3)17-13-24)22-8-5-21(6-9-22)7-20-29(34)38-31-27(32)18-19-28(31)33/h5-6,8-19,32-33H,4,7,20H2,1-3H3. The topological polar surface area (TPSA) is 99.4 Å². The SMILES string of the molecule is CCOC(c1ccc(CCC(=O)On2c(O)ccc2O)cc1)(c1ccc(OC)cc1)c1ccc(OC)cc1. The highest BCUT2D eigenvalue weighted by Gasteiger charge is 2.37. The maximum Gasteiger partial charge on any atom is 0.333 e. The Kier molecular flexibility index (Phi) is 8.23. The number of benzene rings is 3. The molecule has 4 aromatic rings. The second-order valence-electron chi connectivity index (χ2n) is 8.58. The van der Waals surface area contributed by atoms with Crippen LogP contribution in [0.1, 0.15) is 35.6 Å². The number of hydrogen-bond acceptors (Lipinski definition) is 7. The predicted octanol–water partition coefficient (Wildman–Crippen LogP) is 4.83. The van der Waals surface area contributed by atoms with Crippen molar-refractivity contribution in [2.24, 2.45) is 0 Å². The molecule has 0 saturated carbocycles. The van der Waals surface area contributed by atoms with Crippen molar-refractivity contribution in [2.75, 3.05) is 20.8 Å². The summed E-state index contributed by atoms with van der Waals surface area (Å²) < 4.78 is 18.0. The zero-order chi connectivity index (χ0) is 27.1. The molecule has 0 aliphatic rings. The van der Waals surface area contributed by atoms with E-state index in [-0.39, 0.29) is 18.2 Å². The summed E-state index contributed by atoms with van der Waals surface area (Å²) in [5.74, 6) is 0.195. The van der Waals surface area contributed by atoms with Crippen molar-refractivity contribution in [3.05, 3.63) is 107 Å². The number of aromatic hydroxyl groups is 2. The average Bonchev–Trinajstić information content (AvgIpc) is 3.27. The quantitative estimate of drug-likeness (QED) is 0.275. The lowest BCUT2D eigenvalue weighted by Gasteiger charge is -2.36. The molecule has 8 heteroatoms. The van der Waals surface area contributed by atoms with E-state index in [1.807, 2.05) is 79.7 Å². The molecule has 38 heavy (non-hydrogen) atoms. The first-order valence-electron chi connectivity index (χ1n) is 12.2. The van der Waals surface area contributed by atoms with E-state index < -0.39 is 11.6 Å². The highest BCUT2D eigenvalue weighted by atomic mass is 16.7. The van der Waals surface area contributed by atoms with Crippen molar-refractivity contribution in [1.82, 2.24) is 4.73 Å². The van der Waals surface area contributed by atoms with Gasteiger partial charge in [-0.05, 0) is 59.9 Å². The van der Waals surface area contributed by atoms with Gasteiger partial charge in [-0.3, -0.25) is 0 Å². The molecule has 0 aliphatic heterocycles. The summed E-state index contributed by atoms with van der Waals surface area (Å²) in [4.78, 5) is 17.3. The molecular formula is C30H31NO7. The molecule has 0 unspecified atom stereocenters. The smallest absolute Gasteiger partial charge is 0.333 e. The van der Waals surface area contributed by atoms with Gasteiger partial charge < -0.3 is 29.3 Å². The summed E-state index contributed by atoms with van der Waals surface area (Å²) in [6.07, 6.45) is 0.471. The van der Waals surface area contributed by atoms with Gasteiger partial charge >= 0.3 is 5.97 Å². The minimum Gasteiger partial charge on any atom is -0.497 e. The van der Waals surface area contributed by atoms with Crippen LogP contribution in [0.4, 0.5) is 0 Å². The summed E-state index contributed by atoms with van der Waals surface area (Å²) in [5.41, 5.74) is 2.82. The molecule has 2 N–H and O–H groups in total. The maximum absolute atomic E-state index is 12.3. The van der Waals surface area contributed by atoms with Crippen molar-refractivity contribution in [1.29, 1.82) is 0 Å². The summed E-state index contributed by atoms with van der Waals surface area (Å²) in [6.45, 7) is 2.42. The van der Waals surface area contributed by atoms with Crippen LogP contribution >= 0.6 is 0 Å². The number of ether oxygens (including phenoxy) is 3. The van der Waals surface area contributed by atoms with E-state index in [1.165, 1.54) is 12.1 Å². The third-order valence-corrected chi connectivity index (χ3v) is 6.32. The Labute approximate surface area is 221 Å². The third kappa shape index (κ3) is 5.45. The number of aromatic nitrogens is 1. The van der Waals surface area contributed by atoms with Crippen LogP contribution in [0.3, 0.4) is 0 Å². The Hall–Kier alpha value is -4.43. The molecule has 0 bridgehead atoms. The van der Waals surface area contributed by atoms with Crippen LogP contribution in [0.15, 0.2) is 84.9 Å². The molecule has 4 rings (SSSR count). The molecule has 0 radical (unpaired) electrons. The number of carbonyl (C=O) groups is 1. The molecule has 3 aromatic carbocycles. The predicted molar refractivity (Wildman–Crippen MR) is 142 cm³/mol. The van der Waals surface area contributed by atoms with E-state index in [4.69, 9.17) is 19.0 Å². The van der Waals surface area contributed by atoms with Crippen LogP contribution in [0, 0.1) is 0 Å². The van der Waals surface area contributed by atoms with E-state index in [0.29, 0.717) is 17.8 Å². The van der Waals surface area contributed by atoms with Gasteiger partial charge in [-0.25, -0.2) is 4.79 Å². The van der Waals surface area contributed by atoms with Crippen molar-refractivity contribution in [3.63, 3.8) is 0 Å². The number of carbonyl (C=O) groups excluding carboxylic acids is 1. The molecule has 0 amide bonds. The lowest BCUT2D eigenvalue weighted by atomic mass is 9.79. The van der Waals surface area contributed by atoms with Gasteiger partial charge in [0, 0.05) is 18.7 Å². The Morgan fingerprint density at radius 2 is 1.18 bits per heavy atom. The fraction of sp³-hybridized carbons (Fsp3) is 0.233. The largest absolute Gasteiger partial charge is 0.497 e. The zero-order valence-electron chi connectivity index (χ0n) is 21.6. The Morgan fingerprint density at radius 1 is 0.737 bits per heavy atom. The first kappa shape index (κ1) is 26.6. The van der Waals surface area contributed by atoms with Gasteiger partial charge in [0.15, 0.2) is 0 Å². The summed E-state index contributed by atoms with van der Waals surface area (Å²) >= 11 is 0. The highest BCUT2D eigenvalue weighted by molar-refractivity contribution is 5.70. The monoisotopic (exact) mass is 517 g/mol. The molecule has 0 spiro atoms. The lowest BCUT2D eigenvalue weighted by molar-refractivity contribution is -0.145. The van der Waals surface area contributed by atoms with Gasteiger partial charge in [-0.1, -0.05) is 48.5 Å². The highest BCUT2D eigenvalue weighted by Crippen LogP contribution is 2.41. The molecule has 0 fully saturated rings. The van der Waals surface area contributed by atoms with Gasteiger partial charge in [0.2, 0.25) is 11.8 Å². The van der Waals surface area contributed by atoms with Gasteiger partial charge in [-0.15, -0.1) is 4.73 Å². The minimum atomic E-state index is -0.895. The minimum absolute atomic E-state index is 0.0595. The van der Waals surface area contributed by atoms with Crippen LogP contribution in [0.5, 0.6) is 23.3 Å². The van der Waals surface area contributed by atoms with Crippen molar-refractivity contribution >= 4 is 5.97 Å². The first-order valence-corrected chi connectivity index (χ1v) is 12.2. The molecule has 198 valence electrons. The number of nitrogens with zero attached hydrogens (tertiary/aromatic N) is 1. The van der Waals surface area contributed by atoms with Crippen molar-refractivity contribution in [2.45, 2.75) is 25.4 Å². The van der Waals surface area contributed by atoms with Gasteiger partial charge in [0.05, 0.1) is 20.6 Å². The summed E-state index contributed by atoms with van der Waals surface area (Å²) in [6, 6.07) is 26.0. The van der Waals surface area contributed by atoms with E-state index in [1.54, 1.807) is 14.2 Å². The normalized spacial score (nSPS) is 11.2. The average molecular weight is 518 g/mol. The van der Waals surface area contributed by atoms with Crippen LogP contribution in [-0.2, 0) is 21.6 Å². The second kappa shape index (κ2) is 11.7. The van der Waals surface area contributed by atoms with Gasteiger partial charge in [0.1, 0.15) is 17.1 Å². The molecular weight excluding hydrogens is 486 g/mol. The summed E-state index contributed by atoms with van der Waals surface area (Å²) in [7, 11) is 3.26. The fourth-order valence-corrected chi connectivity index (χ4v) is 4.41. The van der Waals surface area contributed by atoms with E-state index in [9.17, 15) is 15.0 Å². The Balaban J connectivity index is 1.63. The second-order valence-corrected chi connectivity index (χ2v) is 8.58. The molecule has 0 saturated heterocycles. The number of methoxy groups -OCH3 is 2. The van der Waals surface area contributed by atoms with E-state index in [2.05, 4.69) is 0 Å². The Morgan fingerprint density at radius 3 is 1.61 bits per heavy atom. The lowest BCUT2D eigenvalue weighted by Crippen LogP contribution is -2.33. The van der Waals surface area contributed by atoms with Crippen LogP contribution in [0.2, 0.25) is 0 Å². The number of aryl methyl sites for hydroxylation is 1. The van der Waals surface area contributed by atoms with Crippen LogP contribution in [0.25, 0.3) is 0 Å². The maximum atomic E-state index is 12.3. The van der Waals surface area contributed by atoms with Crippen molar-refractivity contribution < 1.29 is 34.1 Å². The molecule has 0 atom stereocenters. The zero-order valence-corrected chi connectivity index (χ0v) is 21.6. The fourth-order valence-electron chi connectivity index (χ4n) is 4.41. The third-order valence-electron chi connectivity index (χ3n) is 6.32. The molecule has 1 aromatic heterocycles. The molecule has 8 nitrogen and oxygen atoms in total. The van der Waals surface area contributed by atoms with E-state index >= 15 is 0 Å². The van der Waals surface area contributed by atoms with Crippen LogP contribution < -0.4 is 14.3 Å². The number of rotatable bonds is 11. The summed E-state index contributed by atoms with van der Waals surface area (Å²) in [5, 5.41) is 19.3. The Bertz CT molecular complexity index is 1280. The molecule has 0 aliphatic carbocycles. The van der Waals surface area contributed by atoms with Crippen LogP contribution in [-0.4, -0.2) is 41.7 Å². The first-order chi connectivity index (χ1) is 18.4.